The molecule has 0 aliphatic heterocycles. The molecule has 128 valence electrons. The SMILES string of the molecule is COc1ccc(CCC(=O)Nc2nc(-c3ccccn3)cs2)cc1Br. The molecule has 1 aromatic carbocycles. The van der Waals surface area contributed by atoms with Crippen molar-refractivity contribution in [2.24, 2.45) is 0 Å². The summed E-state index contributed by atoms with van der Waals surface area (Å²) in [4.78, 5) is 20.8. The molecule has 0 atom stereocenters. The average molecular weight is 418 g/mol. The summed E-state index contributed by atoms with van der Waals surface area (Å²) in [7, 11) is 1.63. The molecule has 2 heterocycles. The molecule has 0 saturated heterocycles. The van der Waals surface area contributed by atoms with E-state index in [2.05, 4.69) is 31.2 Å². The van der Waals surface area contributed by atoms with Crippen molar-refractivity contribution in [3.8, 4) is 17.1 Å². The lowest BCUT2D eigenvalue weighted by molar-refractivity contribution is -0.116. The second-order valence-electron chi connectivity index (χ2n) is 5.27. The number of methoxy groups -OCH3 is 1. The lowest BCUT2D eigenvalue weighted by Crippen LogP contribution is -2.12. The average Bonchev–Trinajstić information content (AvgIpc) is 3.09. The van der Waals surface area contributed by atoms with Crippen molar-refractivity contribution < 1.29 is 9.53 Å². The van der Waals surface area contributed by atoms with Crippen LogP contribution in [0.3, 0.4) is 0 Å². The van der Waals surface area contributed by atoms with Crippen LogP contribution in [0.4, 0.5) is 5.13 Å². The molecule has 0 aliphatic rings. The predicted octanol–water partition coefficient (Wildman–Crippen LogP) is 4.55. The van der Waals surface area contributed by atoms with E-state index in [-0.39, 0.29) is 5.91 Å². The minimum atomic E-state index is -0.0612. The molecular formula is C18H16BrN3O2S. The Hall–Kier alpha value is -2.25. The quantitative estimate of drug-likeness (QED) is 0.638. The third-order valence-corrected chi connectivity index (χ3v) is 4.91. The highest BCUT2D eigenvalue weighted by Gasteiger charge is 2.09. The number of carbonyl (C=O) groups excluding carboxylic acids is 1. The molecular weight excluding hydrogens is 402 g/mol. The smallest absolute Gasteiger partial charge is 0.226 e. The number of nitrogens with zero attached hydrogens (tertiary/aromatic N) is 2. The molecule has 3 rings (SSSR count). The second-order valence-corrected chi connectivity index (χ2v) is 6.98. The largest absolute Gasteiger partial charge is 0.496 e. The number of rotatable bonds is 6. The van der Waals surface area contributed by atoms with Gasteiger partial charge in [-0.2, -0.15) is 0 Å². The van der Waals surface area contributed by atoms with Crippen LogP contribution in [-0.4, -0.2) is 23.0 Å². The van der Waals surface area contributed by atoms with Crippen LogP contribution < -0.4 is 10.1 Å². The maximum Gasteiger partial charge on any atom is 0.226 e. The van der Waals surface area contributed by atoms with E-state index in [1.165, 1.54) is 11.3 Å². The highest BCUT2D eigenvalue weighted by atomic mass is 79.9. The van der Waals surface area contributed by atoms with E-state index >= 15 is 0 Å². The van der Waals surface area contributed by atoms with E-state index in [0.717, 1.165) is 27.2 Å². The molecule has 0 spiro atoms. The molecule has 25 heavy (non-hydrogen) atoms. The van der Waals surface area contributed by atoms with Gasteiger partial charge in [0.25, 0.3) is 0 Å². The van der Waals surface area contributed by atoms with Crippen molar-refractivity contribution >= 4 is 38.3 Å². The zero-order valence-corrected chi connectivity index (χ0v) is 15.9. The van der Waals surface area contributed by atoms with Gasteiger partial charge in [0.2, 0.25) is 5.91 Å². The fourth-order valence-corrected chi connectivity index (χ4v) is 3.58. The van der Waals surface area contributed by atoms with Crippen molar-refractivity contribution in [1.82, 2.24) is 9.97 Å². The van der Waals surface area contributed by atoms with Crippen LogP contribution in [0, 0.1) is 0 Å². The summed E-state index contributed by atoms with van der Waals surface area (Å²) >= 11 is 4.85. The predicted molar refractivity (Wildman–Crippen MR) is 103 cm³/mol. The van der Waals surface area contributed by atoms with Crippen LogP contribution in [0.15, 0.2) is 52.4 Å². The summed E-state index contributed by atoms with van der Waals surface area (Å²) in [6.45, 7) is 0. The number of halogens is 1. The number of hydrogen-bond acceptors (Lipinski definition) is 5. The third-order valence-electron chi connectivity index (χ3n) is 3.53. The Morgan fingerprint density at radius 1 is 1.28 bits per heavy atom. The first kappa shape index (κ1) is 17.6. The van der Waals surface area contributed by atoms with E-state index in [1.54, 1.807) is 13.3 Å². The molecule has 0 bridgehead atoms. The van der Waals surface area contributed by atoms with Crippen molar-refractivity contribution in [3.05, 3.63) is 58.0 Å². The summed E-state index contributed by atoms with van der Waals surface area (Å²) in [5.74, 6) is 0.715. The zero-order chi connectivity index (χ0) is 17.6. The number of thiazole rings is 1. The standard InChI is InChI=1S/C18H16BrN3O2S/c1-24-16-7-5-12(10-13(16)19)6-8-17(23)22-18-21-15(11-25-18)14-4-2-3-9-20-14/h2-5,7,9-11H,6,8H2,1H3,(H,21,22,23). The van der Waals surface area contributed by atoms with Gasteiger partial charge in [0.1, 0.15) is 11.4 Å². The molecule has 1 N–H and O–H groups in total. The van der Waals surface area contributed by atoms with E-state index < -0.39 is 0 Å². The number of aryl methyl sites for hydroxylation is 1. The van der Waals surface area contributed by atoms with E-state index in [4.69, 9.17) is 4.74 Å². The topological polar surface area (TPSA) is 64.1 Å². The zero-order valence-electron chi connectivity index (χ0n) is 13.5. The maximum atomic E-state index is 12.1. The molecule has 7 heteroatoms. The lowest BCUT2D eigenvalue weighted by atomic mass is 10.1. The Bertz CT molecular complexity index is 868. The minimum absolute atomic E-state index is 0.0612. The first-order chi connectivity index (χ1) is 12.2. The highest BCUT2D eigenvalue weighted by molar-refractivity contribution is 9.10. The Labute approximate surface area is 158 Å². The first-order valence-electron chi connectivity index (χ1n) is 7.65. The maximum absolute atomic E-state index is 12.1. The number of nitrogens with one attached hydrogen (secondary N) is 1. The number of amides is 1. The van der Waals surface area contributed by atoms with E-state index in [1.807, 2.05) is 41.8 Å². The number of hydrogen-bond donors (Lipinski definition) is 1. The van der Waals surface area contributed by atoms with Gasteiger partial charge in [-0.15, -0.1) is 11.3 Å². The first-order valence-corrected chi connectivity index (χ1v) is 9.32. The van der Waals surface area contributed by atoms with Gasteiger partial charge in [-0.3, -0.25) is 9.78 Å². The van der Waals surface area contributed by atoms with Gasteiger partial charge in [-0.25, -0.2) is 4.98 Å². The van der Waals surface area contributed by atoms with Crippen LogP contribution in [0.1, 0.15) is 12.0 Å². The van der Waals surface area contributed by atoms with E-state index in [9.17, 15) is 4.79 Å². The Balaban J connectivity index is 1.56. The molecule has 3 aromatic rings. The summed E-state index contributed by atoms with van der Waals surface area (Å²) in [5.41, 5.74) is 2.62. The molecule has 0 fully saturated rings. The van der Waals surface area contributed by atoms with Crippen LogP contribution in [-0.2, 0) is 11.2 Å². The van der Waals surface area contributed by atoms with Crippen molar-refractivity contribution in [1.29, 1.82) is 0 Å². The molecule has 0 saturated carbocycles. The number of ether oxygens (including phenoxy) is 1. The Morgan fingerprint density at radius 3 is 2.88 bits per heavy atom. The van der Waals surface area contributed by atoms with Crippen molar-refractivity contribution in [2.75, 3.05) is 12.4 Å². The summed E-state index contributed by atoms with van der Waals surface area (Å²) in [6.07, 6.45) is 2.75. The number of carbonyl (C=O) groups is 1. The van der Waals surface area contributed by atoms with Crippen LogP contribution in [0.2, 0.25) is 0 Å². The van der Waals surface area contributed by atoms with Crippen molar-refractivity contribution in [3.63, 3.8) is 0 Å². The highest BCUT2D eigenvalue weighted by Crippen LogP contribution is 2.26. The minimum Gasteiger partial charge on any atom is -0.496 e. The molecule has 0 unspecified atom stereocenters. The molecule has 5 nitrogen and oxygen atoms in total. The summed E-state index contributed by atoms with van der Waals surface area (Å²) < 4.78 is 6.09. The summed E-state index contributed by atoms with van der Waals surface area (Å²) in [6, 6.07) is 11.5. The molecule has 2 aromatic heterocycles. The Kier molecular flexibility index (Phi) is 5.78. The molecule has 0 radical (unpaired) electrons. The second kappa shape index (κ2) is 8.22. The normalized spacial score (nSPS) is 10.5. The lowest BCUT2D eigenvalue weighted by Gasteiger charge is -2.06. The number of pyridine rings is 1. The molecule has 1 amide bonds. The van der Waals surface area contributed by atoms with E-state index in [0.29, 0.717) is 18.0 Å². The van der Waals surface area contributed by atoms with Gasteiger partial charge in [-0.1, -0.05) is 12.1 Å². The van der Waals surface area contributed by atoms with Crippen LogP contribution in [0.25, 0.3) is 11.4 Å². The van der Waals surface area contributed by atoms with Gasteiger partial charge in [0, 0.05) is 18.0 Å². The fraction of sp³-hybridized carbons (Fsp3) is 0.167. The monoisotopic (exact) mass is 417 g/mol. The van der Waals surface area contributed by atoms with Crippen LogP contribution in [0.5, 0.6) is 5.75 Å². The number of benzene rings is 1. The summed E-state index contributed by atoms with van der Waals surface area (Å²) in [5, 5.41) is 5.32. The van der Waals surface area contributed by atoms with Gasteiger partial charge < -0.3 is 10.1 Å². The number of aromatic nitrogens is 2. The third kappa shape index (κ3) is 4.64. The number of anilines is 1. The fourth-order valence-electron chi connectivity index (χ4n) is 2.27. The van der Waals surface area contributed by atoms with Crippen LogP contribution >= 0.6 is 27.3 Å². The molecule has 0 aliphatic carbocycles. The van der Waals surface area contributed by atoms with Gasteiger partial charge in [0.05, 0.1) is 17.3 Å². The van der Waals surface area contributed by atoms with Gasteiger partial charge in [0.15, 0.2) is 5.13 Å². The van der Waals surface area contributed by atoms with Gasteiger partial charge in [-0.05, 0) is 52.2 Å². The van der Waals surface area contributed by atoms with Gasteiger partial charge >= 0.3 is 0 Å². The van der Waals surface area contributed by atoms with Crippen molar-refractivity contribution in [2.45, 2.75) is 12.8 Å². The Morgan fingerprint density at radius 2 is 2.16 bits per heavy atom.